The molecule has 0 radical (unpaired) electrons. The van der Waals surface area contributed by atoms with Crippen molar-refractivity contribution in [3.05, 3.63) is 59.4 Å². The van der Waals surface area contributed by atoms with Crippen LogP contribution in [-0.2, 0) is 4.79 Å². The molecule has 2 atom stereocenters. The molecule has 1 saturated carbocycles. The average molecular weight is 409 g/mol. The maximum absolute atomic E-state index is 13.8. The van der Waals surface area contributed by atoms with E-state index in [1.165, 1.54) is 12.1 Å². The average Bonchev–Trinajstić information content (AvgIpc) is 3.23. The minimum Gasteiger partial charge on any atom is -0.339 e. The number of carbonyl (C=O) groups excluding carboxylic acids is 3. The summed E-state index contributed by atoms with van der Waals surface area (Å²) in [5.41, 5.74) is 1.37. The van der Waals surface area contributed by atoms with E-state index in [0.29, 0.717) is 17.2 Å². The number of amides is 3. The standard InChI is InChI=1S/C23H24FN3O3/c1-14-12-18(14)21(28)26-20-9-6-16(24)13-19(20)22(29)25-17-7-4-15(5-8-17)23(30)27-10-2-3-11-27/h4-9,13-14,18H,2-3,10-12H2,1H3,(H,25,29)(H,26,28). The van der Waals surface area contributed by atoms with E-state index in [-0.39, 0.29) is 29.0 Å². The maximum atomic E-state index is 13.8. The van der Waals surface area contributed by atoms with Gasteiger partial charge in [0.2, 0.25) is 5.91 Å². The smallest absolute Gasteiger partial charge is 0.257 e. The van der Waals surface area contributed by atoms with Crippen LogP contribution in [0.3, 0.4) is 0 Å². The van der Waals surface area contributed by atoms with Gasteiger partial charge in [0.1, 0.15) is 5.82 Å². The Kier molecular flexibility index (Phi) is 5.53. The second kappa shape index (κ2) is 8.26. The number of hydrogen-bond acceptors (Lipinski definition) is 3. The molecular formula is C23H24FN3O3. The quantitative estimate of drug-likeness (QED) is 0.786. The molecular weight excluding hydrogens is 385 g/mol. The first kappa shape index (κ1) is 20.1. The summed E-state index contributed by atoms with van der Waals surface area (Å²) >= 11 is 0. The molecule has 2 N–H and O–H groups in total. The number of nitrogens with zero attached hydrogens (tertiary/aromatic N) is 1. The molecule has 0 aromatic heterocycles. The van der Waals surface area contributed by atoms with E-state index in [1.807, 2.05) is 11.8 Å². The van der Waals surface area contributed by atoms with Gasteiger partial charge in [-0.15, -0.1) is 0 Å². The van der Waals surface area contributed by atoms with Gasteiger partial charge in [0, 0.05) is 30.3 Å². The number of anilines is 2. The molecule has 2 unspecified atom stereocenters. The largest absolute Gasteiger partial charge is 0.339 e. The first-order chi connectivity index (χ1) is 14.4. The summed E-state index contributed by atoms with van der Waals surface area (Å²) in [6, 6.07) is 10.3. The van der Waals surface area contributed by atoms with Crippen molar-refractivity contribution >= 4 is 29.1 Å². The lowest BCUT2D eigenvalue weighted by Crippen LogP contribution is -2.27. The second-order valence-corrected chi connectivity index (χ2v) is 8.03. The summed E-state index contributed by atoms with van der Waals surface area (Å²) < 4.78 is 13.8. The monoisotopic (exact) mass is 409 g/mol. The highest BCUT2D eigenvalue weighted by atomic mass is 19.1. The third-order valence-corrected chi connectivity index (χ3v) is 5.71. The summed E-state index contributed by atoms with van der Waals surface area (Å²) in [6.07, 6.45) is 2.86. The van der Waals surface area contributed by atoms with Gasteiger partial charge in [0.05, 0.1) is 11.3 Å². The van der Waals surface area contributed by atoms with Crippen molar-refractivity contribution in [2.45, 2.75) is 26.2 Å². The van der Waals surface area contributed by atoms with Gasteiger partial charge in [-0.1, -0.05) is 6.92 Å². The van der Waals surface area contributed by atoms with E-state index < -0.39 is 11.7 Å². The zero-order valence-electron chi connectivity index (χ0n) is 16.8. The Labute approximate surface area is 174 Å². The highest BCUT2D eigenvalue weighted by Crippen LogP contribution is 2.38. The number of carbonyl (C=O) groups is 3. The van der Waals surface area contributed by atoms with E-state index in [4.69, 9.17) is 0 Å². The molecule has 2 aromatic rings. The molecule has 1 heterocycles. The number of hydrogen-bond donors (Lipinski definition) is 2. The van der Waals surface area contributed by atoms with Crippen molar-refractivity contribution in [3.63, 3.8) is 0 Å². The lowest BCUT2D eigenvalue weighted by atomic mass is 10.1. The predicted octanol–water partition coefficient (Wildman–Crippen LogP) is 3.91. The number of halogens is 1. The van der Waals surface area contributed by atoms with Crippen LogP contribution in [0.15, 0.2) is 42.5 Å². The number of benzene rings is 2. The zero-order chi connectivity index (χ0) is 21.3. The molecule has 3 amide bonds. The molecule has 1 aliphatic heterocycles. The highest BCUT2D eigenvalue weighted by Gasteiger charge is 2.39. The summed E-state index contributed by atoms with van der Waals surface area (Å²) in [5.74, 6) is -1.02. The Hall–Kier alpha value is -3.22. The van der Waals surface area contributed by atoms with E-state index in [2.05, 4.69) is 10.6 Å². The van der Waals surface area contributed by atoms with Crippen molar-refractivity contribution in [2.24, 2.45) is 11.8 Å². The fourth-order valence-electron chi connectivity index (χ4n) is 3.72. The van der Waals surface area contributed by atoms with Crippen molar-refractivity contribution < 1.29 is 18.8 Å². The van der Waals surface area contributed by atoms with Crippen molar-refractivity contribution in [1.29, 1.82) is 0 Å². The van der Waals surface area contributed by atoms with Gasteiger partial charge in [-0.3, -0.25) is 14.4 Å². The molecule has 30 heavy (non-hydrogen) atoms. The van der Waals surface area contributed by atoms with Gasteiger partial charge in [-0.2, -0.15) is 0 Å². The van der Waals surface area contributed by atoms with Crippen LogP contribution in [0.25, 0.3) is 0 Å². The van der Waals surface area contributed by atoms with Crippen LogP contribution in [0.1, 0.15) is 46.9 Å². The normalized spacial score (nSPS) is 20.0. The van der Waals surface area contributed by atoms with Gasteiger partial charge in [-0.05, 0) is 67.6 Å². The number of nitrogens with one attached hydrogen (secondary N) is 2. The van der Waals surface area contributed by atoms with E-state index in [1.54, 1.807) is 24.3 Å². The molecule has 0 spiro atoms. The third kappa shape index (κ3) is 4.35. The number of rotatable bonds is 5. The van der Waals surface area contributed by atoms with Crippen LogP contribution < -0.4 is 10.6 Å². The van der Waals surface area contributed by atoms with Crippen LogP contribution in [0, 0.1) is 17.7 Å². The van der Waals surface area contributed by atoms with Gasteiger partial charge in [0.15, 0.2) is 0 Å². The Morgan fingerprint density at radius 3 is 2.30 bits per heavy atom. The van der Waals surface area contributed by atoms with Gasteiger partial charge in [-0.25, -0.2) is 4.39 Å². The molecule has 1 aliphatic carbocycles. The number of likely N-dealkylation sites (tertiary alicyclic amines) is 1. The Morgan fingerprint density at radius 1 is 1.00 bits per heavy atom. The lowest BCUT2D eigenvalue weighted by molar-refractivity contribution is -0.117. The Morgan fingerprint density at radius 2 is 1.67 bits per heavy atom. The minimum atomic E-state index is -0.565. The second-order valence-electron chi connectivity index (χ2n) is 8.03. The molecule has 6 nitrogen and oxygen atoms in total. The van der Waals surface area contributed by atoms with Crippen molar-refractivity contribution in [3.8, 4) is 0 Å². The lowest BCUT2D eigenvalue weighted by Gasteiger charge is -2.15. The molecule has 156 valence electrons. The van der Waals surface area contributed by atoms with Gasteiger partial charge in [0.25, 0.3) is 11.8 Å². The van der Waals surface area contributed by atoms with Crippen LogP contribution in [0.5, 0.6) is 0 Å². The fraction of sp³-hybridized carbons (Fsp3) is 0.348. The minimum absolute atomic E-state index is 0.0187. The Bertz CT molecular complexity index is 984. The molecule has 1 saturated heterocycles. The topological polar surface area (TPSA) is 78.5 Å². The highest BCUT2D eigenvalue weighted by molar-refractivity contribution is 6.10. The van der Waals surface area contributed by atoms with Gasteiger partial charge >= 0.3 is 0 Å². The van der Waals surface area contributed by atoms with Crippen molar-refractivity contribution in [1.82, 2.24) is 4.90 Å². The summed E-state index contributed by atoms with van der Waals surface area (Å²) in [7, 11) is 0. The van der Waals surface area contributed by atoms with Crippen molar-refractivity contribution in [2.75, 3.05) is 23.7 Å². The molecule has 7 heteroatoms. The van der Waals surface area contributed by atoms with Crippen LogP contribution >= 0.6 is 0 Å². The molecule has 2 aromatic carbocycles. The van der Waals surface area contributed by atoms with E-state index >= 15 is 0 Å². The first-order valence-corrected chi connectivity index (χ1v) is 10.2. The summed E-state index contributed by atoms with van der Waals surface area (Å²) in [5, 5.41) is 5.44. The van der Waals surface area contributed by atoms with Gasteiger partial charge < -0.3 is 15.5 Å². The maximum Gasteiger partial charge on any atom is 0.257 e. The van der Waals surface area contributed by atoms with Crippen LogP contribution in [-0.4, -0.2) is 35.7 Å². The van der Waals surface area contributed by atoms with E-state index in [9.17, 15) is 18.8 Å². The van der Waals surface area contributed by atoms with Crippen LogP contribution in [0.4, 0.5) is 15.8 Å². The zero-order valence-corrected chi connectivity index (χ0v) is 16.8. The molecule has 4 rings (SSSR count). The molecule has 0 bridgehead atoms. The predicted molar refractivity (Wildman–Crippen MR) is 112 cm³/mol. The Balaban J connectivity index is 1.46. The summed E-state index contributed by atoms with van der Waals surface area (Å²) in [4.78, 5) is 39.2. The van der Waals surface area contributed by atoms with E-state index in [0.717, 1.165) is 38.4 Å². The summed E-state index contributed by atoms with van der Waals surface area (Å²) in [6.45, 7) is 3.52. The third-order valence-electron chi connectivity index (χ3n) is 5.71. The SMILES string of the molecule is CC1CC1C(=O)Nc1ccc(F)cc1C(=O)Nc1ccc(C(=O)N2CCCC2)cc1. The first-order valence-electron chi connectivity index (χ1n) is 10.2. The molecule has 2 fully saturated rings. The molecule has 2 aliphatic rings. The fourth-order valence-corrected chi connectivity index (χ4v) is 3.72. The van der Waals surface area contributed by atoms with Crippen LogP contribution in [0.2, 0.25) is 0 Å².